The van der Waals surface area contributed by atoms with E-state index in [1.54, 1.807) is 12.1 Å². The predicted octanol–water partition coefficient (Wildman–Crippen LogP) is 3.23. The molecular weight excluding hydrogens is 453 g/mol. The number of alkyl halides is 3. The molecule has 2 heterocycles. The molecule has 1 aliphatic carbocycles. The van der Waals surface area contributed by atoms with E-state index in [0.29, 0.717) is 24.1 Å². The van der Waals surface area contributed by atoms with E-state index >= 15 is 0 Å². The van der Waals surface area contributed by atoms with Crippen molar-refractivity contribution in [1.29, 1.82) is 0 Å². The molecule has 1 aromatic carbocycles. The fourth-order valence-electron chi connectivity index (χ4n) is 3.81. The molecule has 11 heteroatoms. The highest BCUT2D eigenvalue weighted by Crippen LogP contribution is 2.26. The summed E-state index contributed by atoms with van der Waals surface area (Å²) in [6.07, 6.45) is 0.204. The van der Waals surface area contributed by atoms with Gasteiger partial charge in [-0.2, -0.15) is 9.78 Å². The monoisotopic (exact) mass is 474 g/mol. The maximum Gasteiger partial charge on any atom is 0.573 e. The molecule has 3 aromatic rings. The summed E-state index contributed by atoms with van der Waals surface area (Å²) in [4.78, 5) is 30.1. The third-order valence-electron chi connectivity index (χ3n) is 5.48. The zero-order chi connectivity index (χ0) is 24.3. The number of hydrogen-bond acceptors (Lipinski definition) is 6. The summed E-state index contributed by atoms with van der Waals surface area (Å²) in [6.45, 7) is 0. The third kappa shape index (κ3) is 5.42. The summed E-state index contributed by atoms with van der Waals surface area (Å²) in [6, 6.07) is 8.88. The van der Waals surface area contributed by atoms with E-state index in [4.69, 9.17) is 0 Å². The van der Waals surface area contributed by atoms with Gasteiger partial charge in [0.05, 0.1) is 29.7 Å². The van der Waals surface area contributed by atoms with Crippen LogP contribution in [0.2, 0.25) is 0 Å². The van der Waals surface area contributed by atoms with Gasteiger partial charge in [-0.1, -0.05) is 12.8 Å². The first-order valence-electron chi connectivity index (χ1n) is 10.6. The lowest BCUT2D eigenvalue weighted by Crippen LogP contribution is -2.46. The summed E-state index contributed by atoms with van der Waals surface area (Å²) in [5.41, 5.74) is -0.0767. The first-order chi connectivity index (χ1) is 16.2. The first kappa shape index (κ1) is 23.4. The van der Waals surface area contributed by atoms with Crippen molar-refractivity contribution in [2.75, 3.05) is 0 Å². The maximum absolute atomic E-state index is 13.1. The Morgan fingerprint density at radius 1 is 1.15 bits per heavy atom. The smallest absolute Gasteiger partial charge is 0.406 e. The second-order valence-electron chi connectivity index (χ2n) is 7.88. The number of carbonyl (C=O) groups is 1. The second kappa shape index (κ2) is 9.64. The maximum atomic E-state index is 13.1. The van der Waals surface area contributed by atoms with E-state index in [9.17, 15) is 27.9 Å². The second-order valence-corrected chi connectivity index (χ2v) is 7.88. The highest BCUT2D eigenvalue weighted by Gasteiger charge is 2.31. The number of nitrogens with zero attached hydrogens (tertiary/aromatic N) is 3. The van der Waals surface area contributed by atoms with Crippen LogP contribution >= 0.6 is 0 Å². The summed E-state index contributed by atoms with van der Waals surface area (Å²) in [5, 5.41) is 17.2. The van der Waals surface area contributed by atoms with Crippen LogP contribution in [0.1, 0.15) is 36.0 Å². The zero-order valence-corrected chi connectivity index (χ0v) is 17.8. The van der Waals surface area contributed by atoms with Crippen LogP contribution in [0.15, 0.2) is 59.7 Å². The van der Waals surface area contributed by atoms with E-state index in [-0.39, 0.29) is 11.3 Å². The average molecular weight is 474 g/mol. The van der Waals surface area contributed by atoms with Crippen molar-refractivity contribution in [1.82, 2.24) is 20.1 Å². The predicted molar refractivity (Wildman–Crippen MR) is 115 cm³/mol. The van der Waals surface area contributed by atoms with Crippen LogP contribution in [0.4, 0.5) is 13.2 Å². The van der Waals surface area contributed by atoms with Gasteiger partial charge in [0.1, 0.15) is 11.3 Å². The fourth-order valence-corrected chi connectivity index (χ4v) is 3.81. The number of hydrogen-bond donors (Lipinski definition) is 2. The average Bonchev–Trinajstić information content (AvgIpc) is 2.81. The standard InChI is InChI=1S/C23H21F3N4O4/c24-23(25,26)34-16-9-7-14(8-10-16)19-12-17(21(32)28-18-5-1-2-6-20(18)31)22(33)30(29-19)15-4-3-11-27-13-15/h3-4,7-13,18,20,31H,1-2,5-6H2,(H,28,32)/t18-,20+/m0/s1. The minimum Gasteiger partial charge on any atom is -0.406 e. The van der Waals surface area contributed by atoms with Gasteiger partial charge in [0, 0.05) is 11.8 Å². The number of ether oxygens (including phenoxy) is 1. The minimum absolute atomic E-state index is 0.177. The van der Waals surface area contributed by atoms with Crippen molar-refractivity contribution in [2.45, 2.75) is 44.2 Å². The Kier molecular flexibility index (Phi) is 6.64. The number of aliphatic hydroxyl groups excluding tert-OH is 1. The molecule has 8 nitrogen and oxygen atoms in total. The summed E-state index contributed by atoms with van der Waals surface area (Å²) < 4.78 is 42.3. The molecule has 1 fully saturated rings. The molecule has 0 unspecified atom stereocenters. The molecule has 2 atom stereocenters. The number of aliphatic hydroxyl groups is 1. The van der Waals surface area contributed by atoms with Gasteiger partial charge >= 0.3 is 6.36 Å². The van der Waals surface area contributed by atoms with Crippen LogP contribution < -0.4 is 15.6 Å². The summed E-state index contributed by atoms with van der Waals surface area (Å²) in [7, 11) is 0. The number of benzene rings is 1. The number of halogens is 3. The van der Waals surface area contributed by atoms with Crippen LogP contribution in [0.25, 0.3) is 16.9 Å². The minimum atomic E-state index is -4.83. The van der Waals surface area contributed by atoms with Crippen LogP contribution in [-0.2, 0) is 0 Å². The molecule has 1 aliphatic rings. The number of amides is 1. The Morgan fingerprint density at radius 2 is 1.88 bits per heavy atom. The molecular formula is C23H21F3N4O4. The number of pyridine rings is 1. The lowest BCUT2D eigenvalue weighted by molar-refractivity contribution is -0.274. The first-order valence-corrected chi connectivity index (χ1v) is 10.6. The van der Waals surface area contributed by atoms with Crippen LogP contribution in [0, 0.1) is 0 Å². The summed E-state index contributed by atoms with van der Waals surface area (Å²) in [5.74, 6) is -1.09. The van der Waals surface area contributed by atoms with E-state index in [0.717, 1.165) is 29.7 Å². The summed E-state index contributed by atoms with van der Waals surface area (Å²) >= 11 is 0. The van der Waals surface area contributed by atoms with E-state index in [1.807, 2.05) is 0 Å². The van der Waals surface area contributed by atoms with Gasteiger partial charge < -0.3 is 15.2 Å². The zero-order valence-electron chi connectivity index (χ0n) is 17.8. The van der Waals surface area contributed by atoms with E-state index < -0.39 is 35.7 Å². The Hall–Kier alpha value is -3.73. The molecule has 1 saturated carbocycles. The Balaban J connectivity index is 1.73. The molecule has 34 heavy (non-hydrogen) atoms. The van der Waals surface area contributed by atoms with Gasteiger partial charge in [-0.15, -0.1) is 13.2 Å². The molecule has 0 spiro atoms. The molecule has 178 valence electrons. The van der Waals surface area contributed by atoms with Gasteiger partial charge in [0.2, 0.25) is 0 Å². The molecule has 4 rings (SSSR count). The van der Waals surface area contributed by atoms with Crippen molar-refractivity contribution < 1.29 is 27.8 Å². The molecule has 0 radical (unpaired) electrons. The van der Waals surface area contributed by atoms with Crippen molar-refractivity contribution in [3.05, 3.63) is 70.8 Å². The molecule has 2 N–H and O–H groups in total. The Bertz CT molecular complexity index is 1210. The topological polar surface area (TPSA) is 106 Å². The normalized spacial score (nSPS) is 18.4. The lowest BCUT2D eigenvalue weighted by atomic mass is 9.92. The van der Waals surface area contributed by atoms with Gasteiger partial charge in [0.25, 0.3) is 11.5 Å². The number of nitrogens with one attached hydrogen (secondary N) is 1. The third-order valence-corrected chi connectivity index (χ3v) is 5.48. The van der Waals surface area contributed by atoms with Gasteiger partial charge in [-0.3, -0.25) is 14.6 Å². The van der Waals surface area contributed by atoms with E-state index in [2.05, 4.69) is 20.1 Å². The van der Waals surface area contributed by atoms with Gasteiger partial charge in [0.15, 0.2) is 0 Å². The van der Waals surface area contributed by atoms with Crippen LogP contribution in [0.3, 0.4) is 0 Å². The molecule has 0 aliphatic heterocycles. The lowest BCUT2D eigenvalue weighted by Gasteiger charge is -2.28. The van der Waals surface area contributed by atoms with Crippen molar-refractivity contribution in [3.63, 3.8) is 0 Å². The molecule has 1 amide bonds. The van der Waals surface area contributed by atoms with E-state index in [1.165, 1.54) is 30.6 Å². The molecule has 2 aromatic heterocycles. The molecule has 0 bridgehead atoms. The highest BCUT2D eigenvalue weighted by atomic mass is 19.4. The van der Waals surface area contributed by atoms with Crippen LogP contribution in [0.5, 0.6) is 5.75 Å². The largest absolute Gasteiger partial charge is 0.573 e. The molecule has 0 saturated heterocycles. The SMILES string of the molecule is O=C(N[C@H]1CCCC[C@H]1O)c1cc(-c2ccc(OC(F)(F)F)cc2)nn(-c2cccnc2)c1=O. The Labute approximate surface area is 192 Å². The van der Waals surface area contributed by atoms with Crippen LogP contribution in [-0.4, -0.2) is 44.3 Å². The van der Waals surface area contributed by atoms with Gasteiger partial charge in [-0.05, 0) is 55.3 Å². The fraction of sp³-hybridized carbons (Fsp3) is 0.304. The number of rotatable bonds is 5. The number of aromatic nitrogens is 3. The number of carbonyl (C=O) groups excluding carboxylic acids is 1. The highest BCUT2D eigenvalue weighted by molar-refractivity contribution is 5.95. The van der Waals surface area contributed by atoms with Gasteiger partial charge in [-0.25, -0.2) is 0 Å². The Morgan fingerprint density at radius 3 is 2.53 bits per heavy atom. The van der Waals surface area contributed by atoms with Crippen molar-refractivity contribution in [3.8, 4) is 22.7 Å². The van der Waals surface area contributed by atoms with Crippen molar-refractivity contribution in [2.24, 2.45) is 0 Å². The quantitative estimate of drug-likeness (QED) is 0.588. The van der Waals surface area contributed by atoms with Crippen molar-refractivity contribution >= 4 is 5.91 Å².